The number of anilines is 1. The number of ether oxygens (including phenoxy) is 1. The molecule has 146 valence electrons. The van der Waals surface area contributed by atoms with Crippen LogP contribution in [0.25, 0.3) is 5.69 Å². The molecule has 0 aliphatic carbocycles. The predicted molar refractivity (Wildman–Crippen MR) is 98.6 cm³/mol. The summed E-state index contributed by atoms with van der Waals surface area (Å²) in [6, 6.07) is 10.6. The summed E-state index contributed by atoms with van der Waals surface area (Å²) in [6.45, 7) is 3.35. The van der Waals surface area contributed by atoms with Crippen LogP contribution in [0.5, 0.6) is 5.75 Å². The number of nitrogens with one attached hydrogen (secondary N) is 1. The molecule has 0 radical (unpaired) electrons. The molecule has 0 unspecified atom stereocenters. The third-order valence-corrected chi connectivity index (χ3v) is 4.04. The molecule has 0 atom stereocenters. The van der Waals surface area contributed by atoms with Crippen LogP contribution < -0.4 is 10.1 Å². The van der Waals surface area contributed by atoms with Crippen LogP contribution in [0.15, 0.2) is 54.9 Å². The molecule has 0 saturated heterocycles. The van der Waals surface area contributed by atoms with E-state index in [1.54, 1.807) is 12.1 Å². The largest absolute Gasteiger partial charge is 0.483 e. The Bertz CT molecular complexity index is 983. The van der Waals surface area contributed by atoms with Crippen molar-refractivity contribution in [2.45, 2.75) is 20.0 Å². The minimum Gasteiger partial charge on any atom is -0.483 e. The molecule has 5 nitrogen and oxygen atoms in total. The van der Waals surface area contributed by atoms with Gasteiger partial charge in [0.1, 0.15) is 5.75 Å². The second-order valence-corrected chi connectivity index (χ2v) is 6.28. The number of benzene rings is 2. The molecule has 1 heterocycles. The van der Waals surface area contributed by atoms with E-state index < -0.39 is 24.3 Å². The van der Waals surface area contributed by atoms with Crippen LogP contribution in [0.4, 0.5) is 18.9 Å². The molecule has 0 spiro atoms. The number of amides is 1. The number of halogens is 3. The first kappa shape index (κ1) is 19.5. The van der Waals surface area contributed by atoms with Gasteiger partial charge in [0, 0.05) is 12.4 Å². The highest BCUT2D eigenvalue weighted by molar-refractivity contribution is 5.93. The van der Waals surface area contributed by atoms with Gasteiger partial charge in [-0.1, -0.05) is 17.7 Å². The Morgan fingerprint density at radius 3 is 2.61 bits per heavy atom. The van der Waals surface area contributed by atoms with Crippen molar-refractivity contribution in [3.8, 4) is 11.4 Å². The normalized spacial score (nSPS) is 11.3. The molecule has 0 fully saturated rings. The zero-order valence-corrected chi connectivity index (χ0v) is 15.2. The number of hydrogen-bond acceptors (Lipinski definition) is 3. The molecule has 3 aromatic rings. The van der Waals surface area contributed by atoms with E-state index in [1.165, 1.54) is 29.2 Å². The van der Waals surface area contributed by atoms with E-state index in [1.807, 2.05) is 26.0 Å². The van der Waals surface area contributed by atoms with Gasteiger partial charge in [-0.05, 0) is 49.7 Å². The molecule has 8 heteroatoms. The molecule has 2 aromatic carbocycles. The van der Waals surface area contributed by atoms with Gasteiger partial charge in [0.15, 0.2) is 6.61 Å². The number of rotatable bonds is 5. The Labute approximate surface area is 159 Å². The van der Waals surface area contributed by atoms with E-state index in [2.05, 4.69) is 10.4 Å². The van der Waals surface area contributed by atoms with Gasteiger partial charge in [0.05, 0.1) is 16.9 Å². The topological polar surface area (TPSA) is 56.1 Å². The van der Waals surface area contributed by atoms with Crippen molar-refractivity contribution in [2.75, 3.05) is 11.9 Å². The Morgan fingerprint density at radius 2 is 1.96 bits per heavy atom. The van der Waals surface area contributed by atoms with Gasteiger partial charge in [0.25, 0.3) is 5.91 Å². The number of aryl methyl sites for hydroxylation is 2. The third-order valence-electron chi connectivity index (χ3n) is 4.04. The summed E-state index contributed by atoms with van der Waals surface area (Å²) in [5.41, 5.74) is 0.827. The zero-order valence-electron chi connectivity index (χ0n) is 15.2. The van der Waals surface area contributed by atoms with Crippen LogP contribution in [0, 0.1) is 13.8 Å². The third kappa shape index (κ3) is 4.51. The summed E-state index contributed by atoms with van der Waals surface area (Å²) in [4.78, 5) is 12.1. The molecular formula is C20H18F3N3O2. The van der Waals surface area contributed by atoms with E-state index in [4.69, 9.17) is 4.74 Å². The van der Waals surface area contributed by atoms with Gasteiger partial charge in [-0.25, -0.2) is 4.68 Å². The Balaban J connectivity index is 1.76. The summed E-state index contributed by atoms with van der Waals surface area (Å²) in [5.74, 6) is -0.178. The van der Waals surface area contributed by atoms with Gasteiger partial charge in [-0.3, -0.25) is 4.79 Å². The quantitative estimate of drug-likeness (QED) is 0.698. The minimum absolute atomic E-state index is 0.238. The fourth-order valence-corrected chi connectivity index (χ4v) is 2.73. The van der Waals surface area contributed by atoms with E-state index in [0.29, 0.717) is 5.75 Å². The van der Waals surface area contributed by atoms with E-state index in [-0.39, 0.29) is 11.4 Å². The van der Waals surface area contributed by atoms with Crippen molar-refractivity contribution in [1.82, 2.24) is 9.78 Å². The van der Waals surface area contributed by atoms with Crippen molar-refractivity contribution in [1.29, 1.82) is 0 Å². The van der Waals surface area contributed by atoms with Crippen LogP contribution in [-0.4, -0.2) is 22.3 Å². The molecule has 1 N–H and O–H groups in total. The maximum absolute atomic E-state index is 13.4. The lowest BCUT2D eigenvalue weighted by molar-refractivity contribution is -0.137. The van der Waals surface area contributed by atoms with Crippen molar-refractivity contribution >= 4 is 11.6 Å². The van der Waals surface area contributed by atoms with Crippen LogP contribution in [-0.2, 0) is 11.0 Å². The highest BCUT2D eigenvalue weighted by Gasteiger charge is 2.34. The van der Waals surface area contributed by atoms with Crippen molar-refractivity contribution in [2.24, 2.45) is 0 Å². The molecule has 28 heavy (non-hydrogen) atoms. The van der Waals surface area contributed by atoms with Crippen LogP contribution in [0.3, 0.4) is 0 Å². The standard InChI is InChI=1S/C20H18F3N3O2/c1-13-4-7-18(14(2)10-13)28-12-19(27)25-17-6-5-15(26-9-3-8-24-26)11-16(17)20(21,22)23/h3-11H,12H2,1-2H3,(H,25,27). The lowest BCUT2D eigenvalue weighted by Crippen LogP contribution is -2.22. The Hall–Kier alpha value is -3.29. The fraction of sp³-hybridized carbons (Fsp3) is 0.200. The maximum atomic E-state index is 13.4. The summed E-state index contributed by atoms with van der Waals surface area (Å²) < 4.78 is 47.1. The summed E-state index contributed by atoms with van der Waals surface area (Å²) >= 11 is 0. The Morgan fingerprint density at radius 1 is 1.18 bits per heavy atom. The van der Waals surface area contributed by atoms with Crippen molar-refractivity contribution in [3.05, 3.63) is 71.5 Å². The molecule has 1 aromatic heterocycles. The summed E-state index contributed by atoms with van der Waals surface area (Å²) in [7, 11) is 0. The first-order valence-corrected chi connectivity index (χ1v) is 8.45. The van der Waals surface area contributed by atoms with E-state index >= 15 is 0 Å². The van der Waals surface area contributed by atoms with Gasteiger partial charge in [-0.15, -0.1) is 0 Å². The monoisotopic (exact) mass is 389 g/mol. The predicted octanol–water partition coefficient (Wildman–Crippen LogP) is 4.53. The first-order valence-electron chi connectivity index (χ1n) is 8.45. The first-order chi connectivity index (χ1) is 13.2. The molecule has 0 aliphatic heterocycles. The second-order valence-electron chi connectivity index (χ2n) is 6.28. The van der Waals surface area contributed by atoms with Crippen molar-refractivity contribution < 1.29 is 22.7 Å². The Kier molecular flexibility index (Phi) is 5.39. The van der Waals surface area contributed by atoms with Crippen LogP contribution >= 0.6 is 0 Å². The SMILES string of the molecule is Cc1ccc(OCC(=O)Nc2ccc(-n3cccn3)cc2C(F)(F)F)c(C)c1. The number of hydrogen-bond donors (Lipinski definition) is 1. The maximum Gasteiger partial charge on any atom is 0.418 e. The van der Waals surface area contributed by atoms with Crippen LogP contribution in [0.2, 0.25) is 0 Å². The average Bonchev–Trinajstić information content (AvgIpc) is 3.15. The molecule has 0 bridgehead atoms. The lowest BCUT2D eigenvalue weighted by atomic mass is 10.1. The average molecular weight is 389 g/mol. The summed E-state index contributed by atoms with van der Waals surface area (Å²) in [5, 5.41) is 6.20. The van der Waals surface area contributed by atoms with E-state index in [0.717, 1.165) is 17.2 Å². The number of carbonyl (C=O) groups excluding carboxylic acids is 1. The minimum atomic E-state index is -4.64. The van der Waals surface area contributed by atoms with Gasteiger partial charge in [-0.2, -0.15) is 18.3 Å². The molecule has 0 aliphatic rings. The molecule has 0 saturated carbocycles. The number of carbonyl (C=O) groups is 1. The lowest BCUT2D eigenvalue weighted by Gasteiger charge is -2.16. The van der Waals surface area contributed by atoms with Gasteiger partial charge < -0.3 is 10.1 Å². The fourth-order valence-electron chi connectivity index (χ4n) is 2.73. The second kappa shape index (κ2) is 7.75. The molecule has 3 rings (SSSR count). The number of alkyl halides is 3. The molecular weight excluding hydrogens is 371 g/mol. The smallest absolute Gasteiger partial charge is 0.418 e. The van der Waals surface area contributed by atoms with Gasteiger partial charge >= 0.3 is 6.18 Å². The highest BCUT2D eigenvalue weighted by Crippen LogP contribution is 2.36. The number of nitrogens with zero attached hydrogens (tertiary/aromatic N) is 2. The molecule has 1 amide bonds. The van der Waals surface area contributed by atoms with Crippen molar-refractivity contribution in [3.63, 3.8) is 0 Å². The van der Waals surface area contributed by atoms with Crippen LogP contribution in [0.1, 0.15) is 16.7 Å². The van der Waals surface area contributed by atoms with Gasteiger partial charge in [0.2, 0.25) is 0 Å². The highest BCUT2D eigenvalue weighted by atomic mass is 19.4. The number of aromatic nitrogens is 2. The summed E-state index contributed by atoms with van der Waals surface area (Å²) in [6.07, 6.45) is -1.64. The zero-order chi connectivity index (χ0) is 20.3. The van der Waals surface area contributed by atoms with E-state index in [9.17, 15) is 18.0 Å².